The molecule has 1 amide bonds. The molecule has 0 radical (unpaired) electrons. The van der Waals surface area contributed by atoms with Gasteiger partial charge in [-0.1, -0.05) is 33.1 Å². The van der Waals surface area contributed by atoms with Crippen LogP contribution >= 0.6 is 0 Å². The Kier molecular flexibility index (Phi) is 5.63. The summed E-state index contributed by atoms with van der Waals surface area (Å²) >= 11 is 0. The summed E-state index contributed by atoms with van der Waals surface area (Å²) in [5.74, 6) is -1.08. The molecule has 0 unspecified atom stereocenters. The summed E-state index contributed by atoms with van der Waals surface area (Å²) in [4.78, 5) is 25.6. The maximum absolute atomic E-state index is 12.4. The first-order valence-corrected chi connectivity index (χ1v) is 7.11. The summed E-state index contributed by atoms with van der Waals surface area (Å²) in [5, 5.41) is 9.31. The Morgan fingerprint density at radius 1 is 1.11 bits per heavy atom. The van der Waals surface area contributed by atoms with E-state index >= 15 is 0 Å². The Morgan fingerprint density at radius 3 is 1.89 bits per heavy atom. The normalized spacial score (nSPS) is 17.0. The van der Waals surface area contributed by atoms with Crippen LogP contribution in [0.5, 0.6) is 0 Å². The van der Waals surface area contributed by atoms with Gasteiger partial charge in [0.05, 0.1) is 0 Å². The summed E-state index contributed by atoms with van der Waals surface area (Å²) in [6, 6.07) is 0. The predicted octanol–water partition coefficient (Wildman–Crippen LogP) is 2.67. The molecular weight excluding hydrogens is 230 g/mol. The summed E-state index contributed by atoms with van der Waals surface area (Å²) in [7, 11) is 0. The molecule has 1 aliphatic rings. The minimum Gasteiger partial charge on any atom is -0.480 e. The smallest absolute Gasteiger partial charge is 0.319 e. The van der Waals surface area contributed by atoms with Crippen LogP contribution in [0.1, 0.15) is 58.8 Å². The number of unbranched alkanes of at least 4 members (excludes halogenated alkanes) is 2. The zero-order valence-corrected chi connectivity index (χ0v) is 11.6. The lowest BCUT2D eigenvalue weighted by atomic mass is 9.67. The fraction of sp³-hybridized carbons (Fsp3) is 0.857. The van der Waals surface area contributed by atoms with Crippen molar-refractivity contribution in [3.8, 4) is 0 Å². The van der Waals surface area contributed by atoms with E-state index in [2.05, 4.69) is 13.8 Å². The highest BCUT2D eigenvalue weighted by Crippen LogP contribution is 2.42. The van der Waals surface area contributed by atoms with E-state index in [9.17, 15) is 14.7 Å². The van der Waals surface area contributed by atoms with Gasteiger partial charge in [0.25, 0.3) is 0 Å². The van der Waals surface area contributed by atoms with Crippen molar-refractivity contribution in [2.45, 2.75) is 58.8 Å². The monoisotopic (exact) mass is 255 g/mol. The predicted molar refractivity (Wildman–Crippen MR) is 70.3 cm³/mol. The van der Waals surface area contributed by atoms with Crippen LogP contribution in [0.2, 0.25) is 0 Å². The van der Waals surface area contributed by atoms with Crippen molar-refractivity contribution in [2.75, 3.05) is 13.1 Å². The van der Waals surface area contributed by atoms with Crippen LogP contribution in [0.25, 0.3) is 0 Å². The van der Waals surface area contributed by atoms with Crippen molar-refractivity contribution in [1.29, 1.82) is 0 Å². The molecule has 1 rings (SSSR count). The van der Waals surface area contributed by atoms with Crippen molar-refractivity contribution < 1.29 is 14.7 Å². The second kappa shape index (κ2) is 6.76. The molecule has 0 bridgehead atoms. The van der Waals surface area contributed by atoms with E-state index in [1.165, 1.54) is 0 Å². The number of carboxylic acid groups (broad SMARTS) is 1. The van der Waals surface area contributed by atoms with Crippen LogP contribution in [0.15, 0.2) is 0 Å². The molecule has 4 heteroatoms. The first kappa shape index (κ1) is 15.0. The number of aliphatic carboxylic acids is 1. The van der Waals surface area contributed by atoms with E-state index in [-0.39, 0.29) is 5.91 Å². The third kappa shape index (κ3) is 3.03. The number of nitrogens with zero attached hydrogens (tertiary/aromatic N) is 1. The highest BCUT2D eigenvalue weighted by atomic mass is 16.4. The minimum absolute atomic E-state index is 0.150. The Hall–Kier alpha value is -1.06. The van der Waals surface area contributed by atoms with Gasteiger partial charge in [0.2, 0.25) is 5.91 Å². The van der Waals surface area contributed by atoms with Gasteiger partial charge in [-0.25, -0.2) is 0 Å². The molecule has 104 valence electrons. The van der Waals surface area contributed by atoms with Gasteiger partial charge in [0.1, 0.15) is 5.41 Å². The molecule has 0 aromatic heterocycles. The second-order valence-electron chi connectivity index (χ2n) is 5.24. The molecule has 1 aliphatic carbocycles. The lowest BCUT2D eigenvalue weighted by Gasteiger charge is -2.40. The number of rotatable bonds is 8. The molecule has 0 aliphatic heterocycles. The molecule has 18 heavy (non-hydrogen) atoms. The second-order valence-corrected chi connectivity index (χ2v) is 5.24. The van der Waals surface area contributed by atoms with Crippen LogP contribution < -0.4 is 0 Å². The Bertz CT molecular complexity index is 289. The van der Waals surface area contributed by atoms with Crippen molar-refractivity contribution in [3.63, 3.8) is 0 Å². The van der Waals surface area contributed by atoms with Crippen molar-refractivity contribution in [2.24, 2.45) is 5.41 Å². The zero-order chi connectivity index (χ0) is 13.6. The molecule has 4 nitrogen and oxygen atoms in total. The molecular formula is C14H25NO3. The van der Waals surface area contributed by atoms with Crippen LogP contribution in [0, 0.1) is 5.41 Å². The summed E-state index contributed by atoms with van der Waals surface area (Å²) in [6.45, 7) is 5.56. The molecule has 1 fully saturated rings. The fourth-order valence-electron chi connectivity index (χ4n) is 2.37. The van der Waals surface area contributed by atoms with Crippen LogP contribution in [0.4, 0.5) is 0 Å². The molecule has 0 heterocycles. The summed E-state index contributed by atoms with van der Waals surface area (Å²) < 4.78 is 0. The van der Waals surface area contributed by atoms with E-state index in [1.54, 1.807) is 4.90 Å². The van der Waals surface area contributed by atoms with Gasteiger partial charge in [0, 0.05) is 13.1 Å². The Balaban J connectivity index is 2.70. The van der Waals surface area contributed by atoms with E-state index in [0.29, 0.717) is 25.9 Å². The molecule has 0 saturated heterocycles. The quantitative estimate of drug-likeness (QED) is 0.678. The van der Waals surface area contributed by atoms with Crippen molar-refractivity contribution in [3.05, 3.63) is 0 Å². The molecule has 1 saturated carbocycles. The van der Waals surface area contributed by atoms with E-state index < -0.39 is 11.4 Å². The highest BCUT2D eigenvalue weighted by molar-refractivity contribution is 6.02. The number of hydrogen-bond donors (Lipinski definition) is 1. The van der Waals surface area contributed by atoms with Crippen LogP contribution in [-0.2, 0) is 9.59 Å². The van der Waals surface area contributed by atoms with Gasteiger partial charge in [-0.2, -0.15) is 0 Å². The topological polar surface area (TPSA) is 57.6 Å². The Morgan fingerprint density at radius 2 is 1.61 bits per heavy atom. The number of carbonyl (C=O) groups excluding carboxylic acids is 1. The van der Waals surface area contributed by atoms with E-state index in [1.807, 2.05) is 0 Å². The SMILES string of the molecule is CCCCN(CCCC)C(=O)C1(C(=O)O)CCC1. The van der Waals surface area contributed by atoms with Gasteiger partial charge in [-0.15, -0.1) is 0 Å². The third-order valence-corrected chi connectivity index (χ3v) is 3.88. The van der Waals surface area contributed by atoms with Gasteiger partial charge >= 0.3 is 5.97 Å². The van der Waals surface area contributed by atoms with Gasteiger partial charge in [0.15, 0.2) is 0 Å². The number of carbonyl (C=O) groups is 2. The average molecular weight is 255 g/mol. The molecule has 0 atom stereocenters. The molecule has 0 aromatic carbocycles. The van der Waals surface area contributed by atoms with E-state index in [0.717, 1.165) is 32.1 Å². The third-order valence-electron chi connectivity index (χ3n) is 3.88. The fourth-order valence-corrected chi connectivity index (χ4v) is 2.37. The van der Waals surface area contributed by atoms with Crippen LogP contribution in [0.3, 0.4) is 0 Å². The van der Waals surface area contributed by atoms with Gasteiger partial charge in [-0.3, -0.25) is 9.59 Å². The van der Waals surface area contributed by atoms with Crippen molar-refractivity contribution >= 4 is 11.9 Å². The first-order chi connectivity index (χ1) is 8.58. The van der Waals surface area contributed by atoms with Crippen molar-refractivity contribution in [1.82, 2.24) is 4.90 Å². The standard InChI is InChI=1S/C14H25NO3/c1-3-5-10-15(11-6-4-2)12(16)14(13(17)18)8-7-9-14/h3-11H2,1-2H3,(H,17,18). The van der Waals surface area contributed by atoms with Gasteiger partial charge < -0.3 is 10.0 Å². The largest absolute Gasteiger partial charge is 0.480 e. The minimum atomic E-state index is -1.10. The summed E-state index contributed by atoms with van der Waals surface area (Å²) in [6.07, 6.45) is 5.82. The lowest BCUT2D eigenvalue weighted by Crippen LogP contribution is -2.53. The van der Waals surface area contributed by atoms with Gasteiger partial charge in [-0.05, 0) is 25.7 Å². The number of carboxylic acids is 1. The molecule has 0 aromatic rings. The highest BCUT2D eigenvalue weighted by Gasteiger charge is 2.52. The molecule has 1 N–H and O–H groups in total. The summed E-state index contributed by atoms with van der Waals surface area (Å²) in [5.41, 5.74) is -1.10. The lowest BCUT2D eigenvalue weighted by molar-refractivity contribution is -0.167. The number of hydrogen-bond acceptors (Lipinski definition) is 2. The average Bonchev–Trinajstić information content (AvgIpc) is 2.27. The maximum Gasteiger partial charge on any atom is 0.319 e. The Labute approximate surface area is 109 Å². The maximum atomic E-state index is 12.4. The first-order valence-electron chi connectivity index (χ1n) is 7.11. The number of amides is 1. The molecule has 0 spiro atoms. The van der Waals surface area contributed by atoms with Crippen LogP contribution in [-0.4, -0.2) is 35.0 Å². The zero-order valence-electron chi connectivity index (χ0n) is 11.6. The van der Waals surface area contributed by atoms with E-state index in [4.69, 9.17) is 0 Å².